The van der Waals surface area contributed by atoms with E-state index in [1.54, 1.807) is 0 Å². The number of hydrogen-bond donors (Lipinski definition) is 2. The van der Waals surface area contributed by atoms with Gasteiger partial charge in [-0.1, -0.05) is 11.6 Å². The third kappa shape index (κ3) is 3.27. The molecule has 0 amide bonds. The molecule has 2 aromatic heterocycles. The number of rotatable bonds is 5. The number of aromatic nitrogens is 4. The molecule has 148 valence electrons. The molecule has 1 saturated carbocycles. The van der Waals surface area contributed by atoms with Crippen molar-refractivity contribution in [1.82, 2.24) is 19.5 Å². The summed E-state index contributed by atoms with van der Waals surface area (Å²) in [5.74, 6) is 0.324. The number of halogens is 2. The lowest BCUT2D eigenvalue weighted by Crippen LogP contribution is -2.38. The number of likely N-dealkylation sites (N-methyl/N-ethyl adjacent to an activating group) is 1. The van der Waals surface area contributed by atoms with E-state index in [2.05, 4.69) is 15.0 Å². The molecule has 0 aliphatic heterocycles. The molecule has 3 aromatic rings. The van der Waals surface area contributed by atoms with Gasteiger partial charge in [0.25, 0.3) is 0 Å². The number of fused-ring (bicyclic) bond motifs is 1. The third-order valence-corrected chi connectivity index (χ3v) is 5.34. The summed E-state index contributed by atoms with van der Waals surface area (Å²) in [5, 5.41) is 0.305. The van der Waals surface area contributed by atoms with Gasteiger partial charge in [0.05, 0.1) is 22.4 Å². The highest BCUT2D eigenvalue weighted by Crippen LogP contribution is 2.37. The van der Waals surface area contributed by atoms with E-state index in [1.807, 2.05) is 36.4 Å². The quantitative estimate of drug-likeness (QED) is 0.677. The zero-order chi connectivity index (χ0) is 20.2. The van der Waals surface area contributed by atoms with Crippen LogP contribution in [0.4, 0.5) is 16.3 Å². The van der Waals surface area contributed by atoms with Gasteiger partial charge in [-0.25, -0.2) is 19.3 Å². The van der Waals surface area contributed by atoms with Crippen LogP contribution in [0.3, 0.4) is 0 Å². The van der Waals surface area contributed by atoms with Crippen molar-refractivity contribution in [3.05, 3.63) is 29.2 Å². The van der Waals surface area contributed by atoms with Crippen molar-refractivity contribution in [2.24, 2.45) is 5.73 Å². The van der Waals surface area contributed by atoms with Crippen molar-refractivity contribution in [3.63, 3.8) is 0 Å². The minimum absolute atomic E-state index is 0.0657. The van der Waals surface area contributed by atoms with E-state index in [0.717, 1.165) is 12.8 Å². The molecule has 7 nitrogen and oxygen atoms in total. The van der Waals surface area contributed by atoms with Crippen LogP contribution < -0.4 is 16.4 Å². The maximum Gasteiger partial charge on any atom is 0.220 e. The monoisotopic (exact) mass is 403 g/mol. The van der Waals surface area contributed by atoms with Crippen LogP contribution in [0.25, 0.3) is 22.3 Å². The molecule has 2 heterocycles. The van der Waals surface area contributed by atoms with Crippen LogP contribution in [0.1, 0.15) is 32.7 Å². The van der Waals surface area contributed by atoms with E-state index < -0.39 is 5.82 Å². The smallest absolute Gasteiger partial charge is 0.220 e. The molecular formula is C19H23ClFN7. The molecule has 4 rings (SSSR count). The maximum atomic E-state index is 15.0. The molecule has 0 unspecified atom stereocenters. The first kappa shape index (κ1) is 18.9. The largest absolute Gasteiger partial charge is 0.368 e. The summed E-state index contributed by atoms with van der Waals surface area (Å²) in [5.41, 5.74) is 13.7. The Morgan fingerprint density at radius 3 is 2.68 bits per heavy atom. The summed E-state index contributed by atoms with van der Waals surface area (Å²) in [6.45, 7) is 4.74. The van der Waals surface area contributed by atoms with Gasteiger partial charge in [0.15, 0.2) is 5.82 Å². The van der Waals surface area contributed by atoms with E-state index in [1.165, 1.54) is 12.3 Å². The Hall–Kier alpha value is -2.45. The third-order valence-electron chi connectivity index (χ3n) is 5.07. The van der Waals surface area contributed by atoms with Crippen LogP contribution in [-0.4, -0.2) is 38.7 Å². The number of imidazole rings is 1. The van der Waals surface area contributed by atoms with Gasteiger partial charge < -0.3 is 20.9 Å². The molecule has 1 aromatic carbocycles. The Labute approximate surface area is 167 Å². The number of nitrogen functional groups attached to an aromatic ring is 1. The highest BCUT2D eigenvalue weighted by atomic mass is 35.5. The minimum atomic E-state index is -0.441. The summed E-state index contributed by atoms with van der Waals surface area (Å²) >= 11 is 6.22. The van der Waals surface area contributed by atoms with Gasteiger partial charge in [0.2, 0.25) is 11.9 Å². The summed E-state index contributed by atoms with van der Waals surface area (Å²) in [4.78, 5) is 14.6. The van der Waals surface area contributed by atoms with Gasteiger partial charge in [-0.05, 0) is 38.8 Å². The molecule has 0 saturated heterocycles. The van der Waals surface area contributed by atoms with Crippen LogP contribution in [0.2, 0.25) is 5.02 Å². The first-order chi connectivity index (χ1) is 13.2. The summed E-state index contributed by atoms with van der Waals surface area (Å²) in [7, 11) is 1.94. The van der Waals surface area contributed by atoms with E-state index >= 15 is 0 Å². The normalized spacial score (nSPS) is 15.4. The van der Waals surface area contributed by atoms with Crippen molar-refractivity contribution in [1.29, 1.82) is 0 Å². The molecule has 1 aliphatic rings. The number of nitrogens with two attached hydrogens (primary N) is 2. The van der Waals surface area contributed by atoms with Gasteiger partial charge >= 0.3 is 0 Å². The lowest BCUT2D eigenvalue weighted by Gasteiger charge is -2.24. The molecule has 0 bridgehead atoms. The summed E-state index contributed by atoms with van der Waals surface area (Å²) in [6.07, 6.45) is 3.40. The molecule has 0 radical (unpaired) electrons. The Morgan fingerprint density at radius 2 is 2.04 bits per heavy atom. The zero-order valence-corrected chi connectivity index (χ0v) is 16.8. The predicted octanol–water partition coefficient (Wildman–Crippen LogP) is 3.38. The molecule has 9 heteroatoms. The van der Waals surface area contributed by atoms with E-state index in [4.69, 9.17) is 23.1 Å². The van der Waals surface area contributed by atoms with Crippen molar-refractivity contribution < 1.29 is 4.39 Å². The van der Waals surface area contributed by atoms with Crippen LogP contribution in [0, 0.1) is 5.82 Å². The van der Waals surface area contributed by atoms with Crippen molar-refractivity contribution in [2.45, 2.75) is 38.3 Å². The summed E-state index contributed by atoms with van der Waals surface area (Å²) < 4.78 is 17.0. The van der Waals surface area contributed by atoms with Crippen LogP contribution in [0.15, 0.2) is 18.3 Å². The topological polar surface area (TPSA) is 98.9 Å². The van der Waals surface area contributed by atoms with Crippen molar-refractivity contribution >= 4 is 34.5 Å². The SMILES string of the molecule is CC(C)n1c(N(C)CC2(N)CC2)nc2c(F)cc(-c3nc(N)ncc3Cl)cc21. The lowest BCUT2D eigenvalue weighted by atomic mass is 10.1. The number of anilines is 2. The van der Waals surface area contributed by atoms with Gasteiger partial charge in [-0.3, -0.25) is 0 Å². The number of hydrogen-bond acceptors (Lipinski definition) is 6. The second-order valence-corrected chi connectivity index (χ2v) is 8.25. The van der Waals surface area contributed by atoms with Crippen molar-refractivity contribution in [3.8, 4) is 11.3 Å². The highest BCUT2D eigenvalue weighted by Gasteiger charge is 2.40. The Bertz CT molecular complexity index is 1060. The second-order valence-electron chi connectivity index (χ2n) is 7.84. The number of nitrogens with zero attached hydrogens (tertiary/aromatic N) is 5. The highest BCUT2D eigenvalue weighted by molar-refractivity contribution is 6.33. The number of benzene rings is 1. The maximum absolute atomic E-state index is 15.0. The Morgan fingerprint density at radius 1 is 1.32 bits per heavy atom. The molecule has 0 atom stereocenters. The molecular weight excluding hydrogens is 381 g/mol. The standard InChI is InChI=1S/C19H23ClFN7/c1-10(2)28-14-7-11(15-12(20)8-24-17(22)25-15)6-13(21)16(14)26-18(28)27(3)9-19(23)4-5-19/h6-8,10H,4-5,9,23H2,1-3H3,(H2,22,24,25). The van der Waals surface area contributed by atoms with E-state index in [9.17, 15) is 4.39 Å². The van der Waals surface area contributed by atoms with Gasteiger partial charge in [0, 0.05) is 30.7 Å². The lowest BCUT2D eigenvalue weighted by molar-refractivity contribution is 0.588. The van der Waals surface area contributed by atoms with E-state index in [0.29, 0.717) is 39.8 Å². The fourth-order valence-corrected chi connectivity index (χ4v) is 3.70. The minimum Gasteiger partial charge on any atom is -0.368 e. The average Bonchev–Trinajstić information content (AvgIpc) is 3.20. The molecule has 0 spiro atoms. The average molecular weight is 404 g/mol. The van der Waals surface area contributed by atoms with Crippen LogP contribution in [0.5, 0.6) is 0 Å². The molecule has 4 N–H and O–H groups in total. The van der Waals surface area contributed by atoms with Crippen LogP contribution >= 0.6 is 11.6 Å². The predicted molar refractivity (Wildman–Crippen MR) is 110 cm³/mol. The molecule has 1 aliphatic carbocycles. The van der Waals surface area contributed by atoms with Gasteiger partial charge in [0.1, 0.15) is 5.52 Å². The molecule has 1 fully saturated rings. The Balaban J connectivity index is 1.89. The van der Waals surface area contributed by atoms with Gasteiger partial charge in [-0.2, -0.15) is 0 Å². The molecule has 28 heavy (non-hydrogen) atoms. The van der Waals surface area contributed by atoms with Crippen LogP contribution in [-0.2, 0) is 0 Å². The van der Waals surface area contributed by atoms with Gasteiger partial charge in [-0.15, -0.1) is 0 Å². The summed E-state index contributed by atoms with van der Waals surface area (Å²) in [6, 6.07) is 3.28. The fourth-order valence-electron chi connectivity index (χ4n) is 3.50. The second kappa shape index (κ2) is 6.56. The van der Waals surface area contributed by atoms with Crippen molar-refractivity contribution in [2.75, 3.05) is 24.2 Å². The van der Waals surface area contributed by atoms with E-state index in [-0.39, 0.29) is 17.5 Å². The first-order valence-corrected chi connectivity index (χ1v) is 9.56. The zero-order valence-electron chi connectivity index (χ0n) is 16.1. The Kier molecular flexibility index (Phi) is 4.43. The fraction of sp³-hybridized carbons (Fsp3) is 0.421. The first-order valence-electron chi connectivity index (χ1n) is 9.18.